The summed E-state index contributed by atoms with van der Waals surface area (Å²) in [7, 11) is 4.00. The molecule has 1 heterocycles. The summed E-state index contributed by atoms with van der Waals surface area (Å²) < 4.78 is 1.60. The van der Waals surface area contributed by atoms with Crippen LogP contribution < -0.4 is 15.8 Å². The van der Waals surface area contributed by atoms with Crippen LogP contribution in [0.25, 0.3) is 0 Å². The molecule has 1 aliphatic rings. The molecule has 5 nitrogen and oxygen atoms in total. The van der Waals surface area contributed by atoms with E-state index in [9.17, 15) is 4.79 Å². The number of nitrogens with one attached hydrogen (secondary N) is 1. The van der Waals surface area contributed by atoms with E-state index in [4.69, 9.17) is 0 Å². The van der Waals surface area contributed by atoms with E-state index in [2.05, 4.69) is 17.3 Å². The maximum absolute atomic E-state index is 12.1. The molecule has 1 saturated carbocycles. The molecule has 2 unspecified atom stereocenters. The smallest absolute Gasteiger partial charge is 0.268 e. The van der Waals surface area contributed by atoms with Gasteiger partial charge in [-0.1, -0.05) is 6.42 Å². The van der Waals surface area contributed by atoms with Crippen molar-refractivity contribution in [2.75, 3.05) is 25.5 Å². The molecule has 0 aliphatic heterocycles. The number of aryl methyl sites for hydroxylation is 1. The first-order chi connectivity index (χ1) is 9.65. The van der Waals surface area contributed by atoms with Gasteiger partial charge >= 0.3 is 0 Å². The molecular formula is C15H26N4O. The molecule has 2 atom stereocenters. The maximum atomic E-state index is 12.1. The van der Waals surface area contributed by atoms with Crippen molar-refractivity contribution in [3.05, 3.63) is 22.6 Å². The van der Waals surface area contributed by atoms with Crippen molar-refractivity contribution in [1.82, 2.24) is 15.1 Å². The summed E-state index contributed by atoms with van der Waals surface area (Å²) in [6, 6.07) is 2.29. The molecule has 1 N–H and O–H groups in total. The van der Waals surface area contributed by atoms with Crippen LogP contribution >= 0.6 is 0 Å². The van der Waals surface area contributed by atoms with Gasteiger partial charge in [-0.05, 0) is 39.2 Å². The Hall–Kier alpha value is -1.36. The Morgan fingerprint density at radius 1 is 1.50 bits per heavy atom. The average Bonchev–Trinajstić information content (AvgIpc) is 2.92. The third kappa shape index (κ3) is 3.39. The minimum absolute atomic E-state index is 0.00167. The predicted molar refractivity (Wildman–Crippen MR) is 82.2 cm³/mol. The molecule has 0 amide bonds. The third-order valence-electron chi connectivity index (χ3n) is 4.51. The zero-order chi connectivity index (χ0) is 14.5. The molecule has 0 saturated heterocycles. The van der Waals surface area contributed by atoms with Gasteiger partial charge in [0.1, 0.15) is 0 Å². The fraction of sp³-hybridized carbons (Fsp3) is 0.733. The fourth-order valence-corrected chi connectivity index (χ4v) is 3.03. The molecular weight excluding hydrogens is 252 g/mol. The molecule has 112 valence electrons. The molecule has 0 bridgehead atoms. The molecule has 1 aromatic heterocycles. The van der Waals surface area contributed by atoms with Crippen LogP contribution in [0.2, 0.25) is 0 Å². The molecule has 1 fully saturated rings. The van der Waals surface area contributed by atoms with Crippen molar-refractivity contribution in [3.8, 4) is 0 Å². The summed E-state index contributed by atoms with van der Waals surface area (Å²) in [4.78, 5) is 14.1. The van der Waals surface area contributed by atoms with Gasteiger partial charge in [-0.2, -0.15) is 5.10 Å². The molecule has 0 radical (unpaired) electrons. The molecule has 20 heavy (non-hydrogen) atoms. The van der Waals surface area contributed by atoms with Gasteiger partial charge in [0.25, 0.3) is 5.56 Å². The van der Waals surface area contributed by atoms with E-state index in [1.54, 1.807) is 16.9 Å². The van der Waals surface area contributed by atoms with Crippen LogP contribution in [-0.4, -0.2) is 36.5 Å². The van der Waals surface area contributed by atoms with Crippen LogP contribution in [0.15, 0.2) is 17.1 Å². The fourth-order valence-electron chi connectivity index (χ4n) is 3.03. The van der Waals surface area contributed by atoms with Crippen LogP contribution in [0.1, 0.15) is 32.6 Å². The van der Waals surface area contributed by atoms with Crippen molar-refractivity contribution >= 4 is 5.69 Å². The summed E-state index contributed by atoms with van der Waals surface area (Å²) in [6.07, 6.45) is 6.62. The van der Waals surface area contributed by atoms with Gasteiger partial charge in [0.15, 0.2) is 0 Å². The Bertz CT molecular complexity index is 485. The summed E-state index contributed by atoms with van der Waals surface area (Å²) in [6.45, 7) is 3.65. The van der Waals surface area contributed by atoms with E-state index < -0.39 is 0 Å². The van der Waals surface area contributed by atoms with Gasteiger partial charge in [0, 0.05) is 32.2 Å². The van der Waals surface area contributed by atoms with E-state index in [-0.39, 0.29) is 5.56 Å². The normalized spacial score (nSPS) is 22.1. The van der Waals surface area contributed by atoms with E-state index >= 15 is 0 Å². The topological polar surface area (TPSA) is 50.2 Å². The van der Waals surface area contributed by atoms with E-state index in [0.29, 0.717) is 12.0 Å². The minimum atomic E-state index is 0.00167. The highest BCUT2D eigenvalue weighted by Crippen LogP contribution is 2.28. The summed E-state index contributed by atoms with van der Waals surface area (Å²) in [5.41, 5.74) is 0.893. The van der Waals surface area contributed by atoms with Crippen molar-refractivity contribution in [3.63, 3.8) is 0 Å². The molecule has 1 aromatic rings. The SMILES string of the molecule is CCN(C)c1cnn(CCC2CCCC2NC)c(=O)c1. The Morgan fingerprint density at radius 3 is 2.95 bits per heavy atom. The Kier molecular flexibility index (Phi) is 5.17. The maximum Gasteiger partial charge on any atom is 0.268 e. The van der Waals surface area contributed by atoms with Gasteiger partial charge in [0.05, 0.1) is 11.9 Å². The van der Waals surface area contributed by atoms with Crippen molar-refractivity contribution in [2.24, 2.45) is 5.92 Å². The van der Waals surface area contributed by atoms with Gasteiger partial charge in [-0.3, -0.25) is 4.79 Å². The third-order valence-corrected chi connectivity index (χ3v) is 4.51. The van der Waals surface area contributed by atoms with Crippen molar-refractivity contribution in [2.45, 2.75) is 45.2 Å². The highest BCUT2D eigenvalue weighted by molar-refractivity contribution is 5.41. The lowest BCUT2D eigenvalue weighted by Crippen LogP contribution is -2.31. The van der Waals surface area contributed by atoms with Crippen LogP contribution in [0.5, 0.6) is 0 Å². The molecule has 1 aliphatic carbocycles. The van der Waals surface area contributed by atoms with E-state index in [1.165, 1.54) is 19.3 Å². The highest BCUT2D eigenvalue weighted by atomic mass is 16.1. The Balaban J connectivity index is 1.98. The van der Waals surface area contributed by atoms with Gasteiger partial charge < -0.3 is 10.2 Å². The second-order valence-corrected chi connectivity index (χ2v) is 5.66. The molecule has 5 heteroatoms. The predicted octanol–water partition coefficient (Wildman–Crippen LogP) is 1.48. The van der Waals surface area contributed by atoms with Crippen molar-refractivity contribution in [1.29, 1.82) is 0 Å². The standard InChI is InChI=1S/C15H26N4O/c1-4-18(3)13-10-15(20)19(17-11-13)9-8-12-6-5-7-14(12)16-2/h10-12,14,16H,4-9H2,1-3H3. The molecule has 0 aromatic carbocycles. The lowest BCUT2D eigenvalue weighted by molar-refractivity contribution is 0.365. The number of hydrogen-bond acceptors (Lipinski definition) is 4. The Morgan fingerprint density at radius 2 is 2.30 bits per heavy atom. The average molecular weight is 278 g/mol. The highest BCUT2D eigenvalue weighted by Gasteiger charge is 2.25. The van der Waals surface area contributed by atoms with Crippen LogP contribution in [0.4, 0.5) is 5.69 Å². The van der Waals surface area contributed by atoms with E-state index in [0.717, 1.165) is 25.2 Å². The summed E-state index contributed by atoms with van der Waals surface area (Å²) in [5.74, 6) is 0.673. The summed E-state index contributed by atoms with van der Waals surface area (Å²) >= 11 is 0. The van der Waals surface area contributed by atoms with Gasteiger partial charge in [-0.25, -0.2) is 4.68 Å². The summed E-state index contributed by atoms with van der Waals surface area (Å²) in [5, 5.41) is 7.68. The van der Waals surface area contributed by atoms with Crippen molar-refractivity contribution < 1.29 is 0 Å². The second kappa shape index (κ2) is 6.88. The quantitative estimate of drug-likeness (QED) is 0.856. The van der Waals surface area contributed by atoms with Gasteiger partial charge in [0.2, 0.25) is 0 Å². The first kappa shape index (κ1) is 15.0. The minimum Gasteiger partial charge on any atom is -0.373 e. The molecule has 0 spiro atoms. The zero-order valence-electron chi connectivity index (χ0n) is 12.8. The number of nitrogens with zero attached hydrogens (tertiary/aromatic N) is 3. The largest absolute Gasteiger partial charge is 0.373 e. The molecule has 2 rings (SSSR count). The zero-order valence-corrected chi connectivity index (χ0v) is 12.8. The van der Waals surface area contributed by atoms with Gasteiger partial charge in [-0.15, -0.1) is 0 Å². The lowest BCUT2D eigenvalue weighted by atomic mass is 10.00. The lowest BCUT2D eigenvalue weighted by Gasteiger charge is -2.19. The number of rotatable bonds is 6. The number of anilines is 1. The second-order valence-electron chi connectivity index (χ2n) is 5.66. The van der Waals surface area contributed by atoms with Crippen LogP contribution in [-0.2, 0) is 6.54 Å². The first-order valence-electron chi connectivity index (χ1n) is 7.61. The monoisotopic (exact) mass is 278 g/mol. The Labute approximate surface area is 121 Å². The number of hydrogen-bond donors (Lipinski definition) is 1. The van der Waals surface area contributed by atoms with Crippen LogP contribution in [0, 0.1) is 5.92 Å². The first-order valence-corrected chi connectivity index (χ1v) is 7.61. The number of aromatic nitrogens is 2. The van der Waals surface area contributed by atoms with Crippen LogP contribution in [0.3, 0.4) is 0 Å². The van der Waals surface area contributed by atoms with E-state index in [1.807, 2.05) is 19.0 Å².